The Morgan fingerprint density at radius 1 is 1.23 bits per heavy atom. The Balaban J connectivity index is 2.36. The first kappa shape index (κ1) is 25.4. The summed E-state index contributed by atoms with van der Waals surface area (Å²) in [6, 6.07) is 3.52. The highest BCUT2D eigenvalue weighted by Crippen LogP contribution is 2.13. The first-order valence-electron chi connectivity index (χ1n) is 10.6. The molecule has 1 aromatic heterocycles. The molecule has 0 bridgehead atoms. The fraction of sp³-hybridized carbons (Fsp3) is 0.714. The number of nitriles is 1. The van der Waals surface area contributed by atoms with Crippen molar-refractivity contribution in [1.82, 2.24) is 9.55 Å². The Morgan fingerprint density at radius 2 is 1.93 bits per heavy atom. The van der Waals surface area contributed by atoms with Crippen molar-refractivity contribution in [2.75, 3.05) is 18.9 Å². The first-order chi connectivity index (χ1) is 14.5. The van der Waals surface area contributed by atoms with Crippen LogP contribution < -0.4 is 11.4 Å². The molecule has 0 aliphatic rings. The lowest BCUT2D eigenvalue weighted by Gasteiger charge is -2.22. The summed E-state index contributed by atoms with van der Waals surface area (Å²) in [6.45, 7) is 4.10. The molecule has 168 valence electrons. The van der Waals surface area contributed by atoms with Gasteiger partial charge in [-0.1, -0.05) is 45.4 Å². The van der Waals surface area contributed by atoms with Crippen molar-refractivity contribution in [3.8, 4) is 6.07 Å². The minimum absolute atomic E-state index is 0.0704. The van der Waals surface area contributed by atoms with Gasteiger partial charge in [0.1, 0.15) is 18.7 Å². The second-order valence-electron chi connectivity index (χ2n) is 7.13. The first-order valence-corrected chi connectivity index (χ1v) is 10.6. The second-order valence-corrected chi connectivity index (χ2v) is 7.13. The molecule has 1 rings (SSSR count). The van der Waals surface area contributed by atoms with E-state index in [9.17, 15) is 9.59 Å². The third kappa shape index (κ3) is 10.8. The van der Waals surface area contributed by atoms with Gasteiger partial charge in [-0.05, 0) is 25.8 Å². The number of unbranched alkanes of at least 4 members (excludes halogenated alkanes) is 6. The Kier molecular flexibility index (Phi) is 12.9. The molecule has 0 aliphatic heterocycles. The van der Waals surface area contributed by atoms with Crippen molar-refractivity contribution in [1.29, 1.82) is 5.26 Å². The molecule has 1 aromatic rings. The van der Waals surface area contributed by atoms with Gasteiger partial charge in [-0.2, -0.15) is 10.2 Å². The van der Waals surface area contributed by atoms with E-state index in [4.69, 9.17) is 25.2 Å². The summed E-state index contributed by atoms with van der Waals surface area (Å²) in [7, 11) is 0. The van der Waals surface area contributed by atoms with Crippen LogP contribution in [0.2, 0.25) is 0 Å². The number of aromatic nitrogens is 2. The molecule has 0 amide bonds. The van der Waals surface area contributed by atoms with Gasteiger partial charge in [-0.15, -0.1) is 0 Å². The van der Waals surface area contributed by atoms with Crippen molar-refractivity contribution < 1.29 is 19.0 Å². The molecule has 0 aliphatic carbocycles. The van der Waals surface area contributed by atoms with Crippen LogP contribution >= 0.6 is 0 Å². The lowest BCUT2D eigenvalue weighted by atomic mass is 10.1. The number of anilines is 1. The van der Waals surface area contributed by atoms with Crippen molar-refractivity contribution in [3.63, 3.8) is 0 Å². The summed E-state index contributed by atoms with van der Waals surface area (Å²) >= 11 is 0. The molecule has 0 saturated heterocycles. The van der Waals surface area contributed by atoms with Crippen LogP contribution in [0.5, 0.6) is 0 Å². The lowest BCUT2D eigenvalue weighted by molar-refractivity contribution is -0.0787. The number of carbonyl (C=O) groups excluding carboxylic acids is 1. The minimum atomic E-state index is -0.759. The van der Waals surface area contributed by atoms with Gasteiger partial charge in [0.15, 0.2) is 0 Å². The maximum Gasteiger partial charge on any atom is 0.508 e. The van der Waals surface area contributed by atoms with Crippen molar-refractivity contribution in [2.24, 2.45) is 0 Å². The SMILES string of the molecule is CCCCCCCCCOC(=O)OC[C@H](CCC#N)OC(C)n1ccc(N)nc1=O. The lowest BCUT2D eigenvalue weighted by Crippen LogP contribution is -2.31. The van der Waals surface area contributed by atoms with Gasteiger partial charge in [-0.3, -0.25) is 4.57 Å². The molecule has 2 atom stereocenters. The zero-order valence-corrected chi connectivity index (χ0v) is 18.0. The van der Waals surface area contributed by atoms with Crippen LogP contribution in [0.1, 0.15) is 77.9 Å². The van der Waals surface area contributed by atoms with Gasteiger partial charge >= 0.3 is 11.8 Å². The van der Waals surface area contributed by atoms with Crippen LogP contribution in [-0.4, -0.2) is 35.0 Å². The smallest absolute Gasteiger partial charge is 0.434 e. The molecule has 0 spiro atoms. The van der Waals surface area contributed by atoms with E-state index < -0.39 is 24.2 Å². The summed E-state index contributed by atoms with van der Waals surface area (Å²) in [5.74, 6) is 0.122. The van der Waals surface area contributed by atoms with Crippen LogP contribution in [0.3, 0.4) is 0 Å². The summed E-state index contributed by atoms with van der Waals surface area (Å²) in [6.07, 6.45) is 7.98. The fourth-order valence-electron chi connectivity index (χ4n) is 2.88. The molecule has 9 nitrogen and oxygen atoms in total. The summed E-state index contributed by atoms with van der Waals surface area (Å²) in [5, 5.41) is 8.84. The van der Waals surface area contributed by atoms with Crippen molar-refractivity contribution in [3.05, 3.63) is 22.7 Å². The number of hydrogen-bond acceptors (Lipinski definition) is 8. The third-order valence-electron chi connectivity index (χ3n) is 4.57. The predicted molar refractivity (Wildman–Crippen MR) is 113 cm³/mol. The van der Waals surface area contributed by atoms with E-state index in [1.165, 1.54) is 42.5 Å². The highest BCUT2D eigenvalue weighted by molar-refractivity contribution is 5.59. The number of nitrogens with zero attached hydrogens (tertiary/aromatic N) is 3. The van der Waals surface area contributed by atoms with E-state index in [-0.39, 0.29) is 18.8 Å². The number of rotatable bonds is 15. The number of nitrogen functional groups attached to an aromatic ring is 1. The van der Waals surface area contributed by atoms with E-state index in [2.05, 4.69) is 11.9 Å². The zero-order valence-electron chi connectivity index (χ0n) is 18.0. The Morgan fingerprint density at radius 3 is 2.60 bits per heavy atom. The van der Waals surface area contributed by atoms with Crippen LogP contribution in [-0.2, 0) is 14.2 Å². The zero-order chi connectivity index (χ0) is 22.2. The van der Waals surface area contributed by atoms with Gasteiger partial charge in [0.05, 0.1) is 18.8 Å². The van der Waals surface area contributed by atoms with Gasteiger partial charge in [0, 0.05) is 12.6 Å². The molecule has 1 heterocycles. The van der Waals surface area contributed by atoms with Crippen LogP contribution in [0.15, 0.2) is 17.1 Å². The molecule has 0 fully saturated rings. The van der Waals surface area contributed by atoms with E-state index in [1.54, 1.807) is 6.92 Å². The van der Waals surface area contributed by atoms with Crippen molar-refractivity contribution >= 4 is 12.0 Å². The average molecular weight is 423 g/mol. The maximum atomic E-state index is 11.9. The molecule has 0 aromatic carbocycles. The molecule has 9 heteroatoms. The Hall–Kier alpha value is -2.60. The highest BCUT2D eigenvalue weighted by atomic mass is 16.7. The number of carbonyl (C=O) groups is 1. The summed E-state index contributed by atoms with van der Waals surface area (Å²) in [5.41, 5.74) is 4.94. The average Bonchev–Trinajstić information content (AvgIpc) is 2.71. The standard InChI is InChI=1S/C21H34N4O5/c1-3-4-5-6-7-8-9-15-28-21(27)29-16-18(11-10-13-22)30-17(2)25-14-12-19(23)24-20(25)26/h12,14,17-18H,3-11,15-16H2,1-2H3,(H2,23,24,26)/t17?,18-/m0/s1. The topological polar surface area (TPSA) is 129 Å². The predicted octanol–water partition coefficient (Wildman–Crippen LogP) is 3.94. The largest absolute Gasteiger partial charge is 0.508 e. The monoisotopic (exact) mass is 422 g/mol. The fourth-order valence-corrected chi connectivity index (χ4v) is 2.88. The van der Waals surface area contributed by atoms with Gasteiger partial charge in [0.25, 0.3) is 0 Å². The van der Waals surface area contributed by atoms with Crippen LogP contribution in [0, 0.1) is 11.3 Å². The van der Waals surface area contributed by atoms with Crippen LogP contribution in [0.25, 0.3) is 0 Å². The number of hydrogen-bond donors (Lipinski definition) is 1. The van der Waals surface area contributed by atoms with E-state index in [0.29, 0.717) is 13.0 Å². The number of ether oxygens (including phenoxy) is 3. The third-order valence-corrected chi connectivity index (χ3v) is 4.57. The Labute approximate surface area is 178 Å². The molecule has 30 heavy (non-hydrogen) atoms. The molecule has 0 saturated carbocycles. The van der Waals surface area contributed by atoms with E-state index in [1.807, 2.05) is 6.07 Å². The van der Waals surface area contributed by atoms with Crippen molar-refractivity contribution in [2.45, 2.75) is 84.0 Å². The summed E-state index contributed by atoms with van der Waals surface area (Å²) < 4.78 is 17.3. The maximum absolute atomic E-state index is 11.9. The summed E-state index contributed by atoms with van der Waals surface area (Å²) in [4.78, 5) is 27.4. The molecular formula is C21H34N4O5. The molecular weight excluding hydrogens is 388 g/mol. The molecule has 1 unspecified atom stereocenters. The van der Waals surface area contributed by atoms with E-state index >= 15 is 0 Å². The number of nitrogens with two attached hydrogens (primary N) is 1. The Bertz CT molecular complexity index is 716. The quantitative estimate of drug-likeness (QED) is 0.332. The molecule has 0 radical (unpaired) electrons. The van der Waals surface area contributed by atoms with Gasteiger partial charge in [-0.25, -0.2) is 9.59 Å². The molecule has 2 N–H and O–H groups in total. The normalized spacial score (nSPS) is 12.7. The second kappa shape index (κ2) is 15.3. The minimum Gasteiger partial charge on any atom is -0.434 e. The highest BCUT2D eigenvalue weighted by Gasteiger charge is 2.18. The van der Waals surface area contributed by atoms with Gasteiger partial charge < -0.3 is 19.9 Å². The van der Waals surface area contributed by atoms with E-state index in [0.717, 1.165) is 19.3 Å². The van der Waals surface area contributed by atoms with Crippen LogP contribution in [0.4, 0.5) is 10.6 Å². The van der Waals surface area contributed by atoms with Gasteiger partial charge in [0.2, 0.25) is 0 Å².